The van der Waals surface area contributed by atoms with Gasteiger partial charge >= 0.3 is 0 Å². The highest BCUT2D eigenvalue weighted by Gasteiger charge is 2.30. The van der Waals surface area contributed by atoms with Crippen molar-refractivity contribution in [3.8, 4) is 0 Å². The minimum absolute atomic E-state index is 0.0445. The molecule has 0 saturated heterocycles. The smallest absolute Gasteiger partial charge is 0.255 e. The molecule has 1 aliphatic heterocycles. The average Bonchev–Trinajstić information content (AvgIpc) is 2.83. The number of nitrogens with one attached hydrogen (secondary N) is 2. The van der Waals surface area contributed by atoms with Crippen LogP contribution in [0.4, 0.5) is 10.1 Å². The molecular weight excluding hydrogens is 433 g/mol. The van der Waals surface area contributed by atoms with E-state index in [9.17, 15) is 18.8 Å². The average molecular weight is 460 g/mol. The number of halogens is 1. The maximum atomic E-state index is 13.1. The Morgan fingerprint density at radius 2 is 1.76 bits per heavy atom. The van der Waals surface area contributed by atoms with E-state index in [2.05, 4.69) is 10.6 Å². The van der Waals surface area contributed by atoms with Crippen LogP contribution in [0.3, 0.4) is 0 Å². The molecule has 7 heteroatoms. The molecule has 3 aromatic carbocycles. The lowest BCUT2D eigenvalue weighted by atomic mass is 9.90. The lowest BCUT2D eigenvalue weighted by molar-refractivity contribution is -0.133. The fourth-order valence-electron chi connectivity index (χ4n) is 4.26. The van der Waals surface area contributed by atoms with Crippen molar-refractivity contribution in [1.82, 2.24) is 10.2 Å². The van der Waals surface area contributed by atoms with Crippen molar-refractivity contribution in [2.45, 2.75) is 32.4 Å². The standard InChI is InChI=1S/C27H26FN3O3/c1-18(32)31-14-13-20-6-2-3-8-24(20)25(31)16-26(33)29-17-19-5-4-7-23(15-19)30-27(34)21-9-11-22(28)12-10-21/h2-12,15,25H,13-14,16-17H2,1H3,(H,29,33)(H,30,34). The fraction of sp³-hybridized carbons (Fsp3) is 0.222. The number of hydrogen-bond acceptors (Lipinski definition) is 3. The summed E-state index contributed by atoms with van der Waals surface area (Å²) < 4.78 is 13.1. The van der Waals surface area contributed by atoms with Crippen LogP contribution in [-0.4, -0.2) is 29.2 Å². The quantitative estimate of drug-likeness (QED) is 0.579. The van der Waals surface area contributed by atoms with E-state index < -0.39 is 5.82 Å². The van der Waals surface area contributed by atoms with Gasteiger partial charge < -0.3 is 15.5 Å². The molecule has 4 rings (SSSR count). The molecule has 0 fully saturated rings. The molecule has 1 atom stereocenters. The zero-order valence-electron chi connectivity index (χ0n) is 18.9. The minimum atomic E-state index is -0.405. The predicted octanol–water partition coefficient (Wildman–Crippen LogP) is 4.23. The van der Waals surface area contributed by atoms with E-state index in [1.54, 1.807) is 23.1 Å². The monoisotopic (exact) mass is 459 g/mol. The SMILES string of the molecule is CC(=O)N1CCc2ccccc2C1CC(=O)NCc1cccc(NC(=O)c2ccc(F)cc2)c1. The summed E-state index contributed by atoms with van der Waals surface area (Å²) in [5.74, 6) is -0.954. The van der Waals surface area contributed by atoms with Gasteiger partial charge in [-0.1, -0.05) is 36.4 Å². The van der Waals surface area contributed by atoms with Gasteiger partial charge in [-0.25, -0.2) is 4.39 Å². The first-order valence-corrected chi connectivity index (χ1v) is 11.2. The van der Waals surface area contributed by atoms with Crippen LogP contribution in [0, 0.1) is 5.82 Å². The summed E-state index contributed by atoms with van der Waals surface area (Å²) in [6, 6.07) is 20.1. The van der Waals surface area contributed by atoms with Gasteiger partial charge in [0.15, 0.2) is 0 Å². The van der Waals surface area contributed by atoms with Crippen molar-refractivity contribution >= 4 is 23.4 Å². The second kappa shape index (κ2) is 10.3. The van der Waals surface area contributed by atoms with E-state index >= 15 is 0 Å². The number of amides is 3. The Morgan fingerprint density at radius 3 is 2.53 bits per heavy atom. The molecule has 0 spiro atoms. The number of rotatable bonds is 6. The van der Waals surface area contributed by atoms with Gasteiger partial charge in [0.05, 0.1) is 12.5 Å². The Bertz CT molecular complexity index is 1210. The third-order valence-corrected chi connectivity index (χ3v) is 5.98. The largest absolute Gasteiger partial charge is 0.352 e. The van der Waals surface area contributed by atoms with Crippen molar-refractivity contribution < 1.29 is 18.8 Å². The van der Waals surface area contributed by atoms with Gasteiger partial charge in [0.2, 0.25) is 11.8 Å². The minimum Gasteiger partial charge on any atom is -0.352 e. The second-order valence-electron chi connectivity index (χ2n) is 8.32. The van der Waals surface area contributed by atoms with Crippen LogP contribution >= 0.6 is 0 Å². The van der Waals surface area contributed by atoms with E-state index in [1.165, 1.54) is 36.8 Å². The van der Waals surface area contributed by atoms with Gasteiger partial charge in [-0.15, -0.1) is 0 Å². The molecule has 0 aliphatic carbocycles. The second-order valence-corrected chi connectivity index (χ2v) is 8.32. The number of fused-ring (bicyclic) bond motifs is 1. The van der Waals surface area contributed by atoms with Crippen molar-refractivity contribution in [1.29, 1.82) is 0 Å². The molecule has 0 aromatic heterocycles. The highest BCUT2D eigenvalue weighted by molar-refractivity contribution is 6.04. The molecule has 1 unspecified atom stereocenters. The summed E-state index contributed by atoms with van der Waals surface area (Å²) in [5.41, 5.74) is 3.93. The van der Waals surface area contributed by atoms with Crippen LogP contribution in [0.15, 0.2) is 72.8 Å². The number of benzene rings is 3. The third kappa shape index (κ3) is 5.49. The molecular formula is C27H26FN3O3. The molecule has 174 valence electrons. The Morgan fingerprint density at radius 1 is 1.00 bits per heavy atom. The van der Waals surface area contributed by atoms with Crippen LogP contribution in [0.2, 0.25) is 0 Å². The fourth-order valence-corrected chi connectivity index (χ4v) is 4.26. The van der Waals surface area contributed by atoms with E-state index in [1.807, 2.05) is 30.3 Å². The van der Waals surface area contributed by atoms with E-state index in [-0.39, 0.29) is 36.7 Å². The summed E-state index contributed by atoms with van der Waals surface area (Å²) in [4.78, 5) is 39.1. The van der Waals surface area contributed by atoms with Gasteiger partial charge in [-0.2, -0.15) is 0 Å². The maximum absolute atomic E-state index is 13.1. The first kappa shape index (κ1) is 23.2. The Balaban J connectivity index is 1.38. The zero-order valence-corrected chi connectivity index (χ0v) is 18.9. The summed E-state index contributed by atoms with van der Waals surface area (Å²) in [6.45, 7) is 2.41. The highest BCUT2D eigenvalue weighted by atomic mass is 19.1. The number of carbonyl (C=O) groups excluding carboxylic acids is 3. The molecule has 1 aliphatic rings. The van der Waals surface area contributed by atoms with Crippen LogP contribution in [0.25, 0.3) is 0 Å². The lowest BCUT2D eigenvalue weighted by Gasteiger charge is -2.36. The summed E-state index contributed by atoms with van der Waals surface area (Å²) in [6.07, 6.45) is 0.960. The topological polar surface area (TPSA) is 78.5 Å². The van der Waals surface area contributed by atoms with Gasteiger partial charge in [0.25, 0.3) is 5.91 Å². The summed E-state index contributed by atoms with van der Waals surface area (Å²) in [7, 11) is 0. The third-order valence-electron chi connectivity index (χ3n) is 5.98. The molecule has 0 radical (unpaired) electrons. The van der Waals surface area contributed by atoms with Crippen molar-refractivity contribution in [3.63, 3.8) is 0 Å². The zero-order chi connectivity index (χ0) is 24.1. The van der Waals surface area contributed by atoms with Crippen LogP contribution < -0.4 is 10.6 Å². The number of hydrogen-bond donors (Lipinski definition) is 2. The summed E-state index contributed by atoms with van der Waals surface area (Å²) >= 11 is 0. The molecule has 3 amide bonds. The van der Waals surface area contributed by atoms with Gasteiger partial charge in [0, 0.05) is 31.3 Å². The van der Waals surface area contributed by atoms with Crippen LogP contribution in [0.1, 0.15) is 46.4 Å². The van der Waals surface area contributed by atoms with E-state index in [4.69, 9.17) is 0 Å². The number of nitrogens with zero attached hydrogens (tertiary/aromatic N) is 1. The normalized spacial score (nSPS) is 14.8. The summed E-state index contributed by atoms with van der Waals surface area (Å²) in [5, 5.41) is 5.71. The molecule has 1 heterocycles. The van der Waals surface area contributed by atoms with E-state index in [0.29, 0.717) is 17.8 Å². The maximum Gasteiger partial charge on any atom is 0.255 e. The predicted molar refractivity (Wildman–Crippen MR) is 128 cm³/mol. The van der Waals surface area contributed by atoms with Crippen molar-refractivity contribution in [2.24, 2.45) is 0 Å². The molecule has 34 heavy (non-hydrogen) atoms. The highest BCUT2D eigenvalue weighted by Crippen LogP contribution is 2.32. The number of carbonyl (C=O) groups is 3. The Kier molecular flexibility index (Phi) is 7.01. The van der Waals surface area contributed by atoms with Gasteiger partial charge in [0.1, 0.15) is 5.82 Å². The number of anilines is 1. The van der Waals surface area contributed by atoms with Crippen molar-refractivity contribution in [3.05, 3.63) is 101 Å². The molecule has 3 aromatic rings. The van der Waals surface area contributed by atoms with E-state index in [0.717, 1.165) is 17.5 Å². The first-order chi connectivity index (χ1) is 16.4. The Labute approximate surface area is 197 Å². The van der Waals surface area contributed by atoms with Crippen LogP contribution in [0.5, 0.6) is 0 Å². The first-order valence-electron chi connectivity index (χ1n) is 11.2. The van der Waals surface area contributed by atoms with Crippen molar-refractivity contribution in [2.75, 3.05) is 11.9 Å². The van der Waals surface area contributed by atoms with Crippen LogP contribution in [-0.2, 0) is 22.6 Å². The molecule has 6 nitrogen and oxygen atoms in total. The molecule has 2 N–H and O–H groups in total. The molecule has 0 saturated carbocycles. The van der Waals surface area contributed by atoms with Gasteiger partial charge in [-0.05, 0) is 59.5 Å². The van der Waals surface area contributed by atoms with Gasteiger partial charge in [-0.3, -0.25) is 14.4 Å². The Hall–Kier alpha value is -4.00. The molecule has 0 bridgehead atoms. The lowest BCUT2D eigenvalue weighted by Crippen LogP contribution is -2.41.